The van der Waals surface area contributed by atoms with E-state index in [4.69, 9.17) is 37.9 Å². The van der Waals surface area contributed by atoms with E-state index in [1.807, 2.05) is 31.2 Å². The van der Waals surface area contributed by atoms with E-state index in [0.29, 0.717) is 46.2 Å². The van der Waals surface area contributed by atoms with Crippen LogP contribution in [0.4, 0.5) is 5.69 Å². The Morgan fingerprint density at radius 1 is 0.587 bits per heavy atom. The van der Waals surface area contributed by atoms with E-state index < -0.39 is 24.0 Å². The maximum absolute atomic E-state index is 13.2. The molecule has 0 saturated carbocycles. The van der Waals surface area contributed by atoms with Gasteiger partial charge in [-0.05, 0) is 139 Å². The van der Waals surface area contributed by atoms with Gasteiger partial charge in [-0.1, -0.05) is 18.2 Å². The number of methoxy groups -OCH3 is 4. The molecular weight excluding hydrogens is 811 g/mol. The van der Waals surface area contributed by atoms with Gasteiger partial charge < -0.3 is 48.3 Å². The molecular formula is C49H43NO13. The lowest BCUT2D eigenvalue weighted by atomic mass is 10.0. The summed E-state index contributed by atoms with van der Waals surface area (Å²) < 4.78 is 43.8. The molecule has 0 bridgehead atoms. The van der Waals surface area contributed by atoms with Gasteiger partial charge in [0.25, 0.3) is 5.91 Å². The minimum Gasteiger partial charge on any atom is -0.496 e. The molecule has 322 valence electrons. The quantitative estimate of drug-likeness (QED) is 0.0570. The van der Waals surface area contributed by atoms with Crippen molar-refractivity contribution in [2.75, 3.05) is 40.4 Å². The molecule has 0 aromatic heterocycles. The number of carbonyl (C=O) groups excluding carboxylic acids is 4. The minimum absolute atomic E-state index is 0.0534. The van der Waals surface area contributed by atoms with Crippen LogP contribution in [0.15, 0.2) is 115 Å². The van der Waals surface area contributed by atoms with Crippen molar-refractivity contribution in [2.24, 2.45) is 0 Å². The largest absolute Gasteiger partial charge is 0.496 e. The number of amides is 1. The third-order valence-corrected chi connectivity index (χ3v) is 10.1. The normalized spacial score (nSPS) is 13.2. The third kappa shape index (κ3) is 9.94. The molecule has 2 unspecified atom stereocenters. The molecule has 63 heavy (non-hydrogen) atoms. The number of aliphatic hydroxyl groups is 1. The standard InChI is InChI=1S/C49H43NO13/c1-27-21-32(13-20-38(27)63-47(53)31-11-18-37(19-12-31)62-49(55)45-41(58-5)24-34(43-26-60-43)25-42(45)59-6)29-7-14-35(15-8-29)50-46(52)30-9-16-36(17-10-30)61-48(54)44-39(56-3)22-33(28(2)51)23-40(44)57-4/h7-25,28,43,51H,26H2,1-6H3,(H,50,52). The van der Waals surface area contributed by atoms with Gasteiger partial charge in [0.15, 0.2) is 0 Å². The zero-order chi connectivity index (χ0) is 44.8. The summed E-state index contributed by atoms with van der Waals surface area (Å²) in [5.74, 6) is -0.679. The van der Waals surface area contributed by atoms with Crippen LogP contribution in [0.1, 0.15) is 77.3 Å². The van der Waals surface area contributed by atoms with Gasteiger partial charge in [0.1, 0.15) is 57.5 Å². The van der Waals surface area contributed by atoms with Crippen LogP contribution in [0.25, 0.3) is 11.1 Å². The van der Waals surface area contributed by atoms with Crippen molar-refractivity contribution >= 4 is 29.5 Å². The van der Waals surface area contributed by atoms with Crippen LogP contribution >= 0.6 is 0 Å². The second-order valence-corrected chi connectivity index (χ2v) is 14.3. The number of hydrogen-bond acceptors (Lipinski definition) is 13. The topological polar surface area (TPSA) is 178 Å². The fourth-order valence-corrected chi connectivity index (χ4v) is 6.64. The number of carbonyl (C=O) groups is 4. The molecule has 0 spiro atoms. The Balaban J connectivity index is 0.930. The highest BCUT2D eigenvalue weighted by Gasteiger charge is 2.30. The molecule has 7 rings (SSSR count). The molecule has 14 nitrogen and oxygen atoms in total. The Morgan fingerprint density at radius 3 is 1.52 bits per heavy atom. The summed E-state index contributed by atoms with van der Waals surface area (Å²) in [5, 5.41) is 12.9. The van der Waals surface area contributed by atoms with Gasteiger partial charge in [-0.3, -0.25) is 4.79 Å². The Morgan fingerprint density at radius 2 is 1.06 bits per heavy atom. The fourth-order valence-electron chi connectivity index (χ4n) is 6.64. The first-order valence-corrected chi connectivity index (χ1v) is 19.6. The second-order valence-electron chi connectivity index (χ2n) is 14.3. The number of rotatable bonds is 15. The lowest BCUT2D eigenvalue weighted by Crippen LogP contribution is -2.14. The van der Waals surface area contributed by atoms with Crippen molar-refractivity contribution in [1.82, 2.24) is 0 Å². The Kier molecular flexibility index (Phi) is 13.0. The predicted octanol–water partition coefficient (Wildman–Crippen LogP) is 8.73. The molecule has 0 aliphatic carbocycles. The number of aryl methyl sites for hydroxylation is 1. The summed E-state index contributed by atoms with van der Waals surface area (Å²) in [6.45, 7) is 3.99. The van der Waals surface area contributed by atoms with Crippen LogP contribution in [-0.2, 0) is 4.74 Å². The highest BCUT2D eigenvalue weighted by atomic mass is 16.6. The summed E-state index contributed by atoms with van der Waals surface area (Å²) in [6.07, 6.45) is -0.876. The summed E-state index contributed by atoms with van der Waals surface area (Å²) in [4.78, 5) is 52.5. The molecule has 14 heteroatoms. The molecule has 1 heterocycles. The fraction of sp³-hybridized carbons (Fsp3) is 0.184. The van der Waals surface area contributed by atoms with E-state index >= 15 is 0 Å². The third-order valence-electron chi connectivity index (χ3n) is 10.1. The van der Waals surface area contributed by atoms with E-state index in [2.05, 4.69) is 5.32 Å². The average Bonchev–Trinajstić information content (AvgIpc) is 4.15. The Hall–Kier alpha value is -7.68. The van der Waals surface area contributed by atoms with Crippen LogP contribution < -0.4 is 38.5 Å². The van der Waals surface area contributed by atoms with Gasteiger partial charge in [-0.2, -0.15) is 0 Å². The second kappa shape index (κ2) is 18.9. The summed E-state index contributed by atoms with van der Waals surface area (Å²) in [7, 11) is 5.70. The van der Waals surface area contributed by atoms with Gasteiger partial charge in [0.05, 0.1) is 46.7 Å². The van der Waals surface area contributed by atoms with Crippen molar-refractivity contribution < 1.29 is 62.2 Å². The lowest BCUT2D eigenvalue weighted by Gasteiger charge is -2.16. The van der Waals surface area contributed by atoms with Crippen LogP contribution in [0.3, 0.4) is 0 Å². The van der Waals surface area contributed by atoms with Gasteiger partial charge >= 0.3 is 17.9 Å². The van der Waals surface area contributed by atoms with Crippen molar-refractivity contribution in [3.63, 3.8) is 0 Å². The first kappa shape index (κ1) is 43.4. The number of hydrogen-bond donors (Lipinski definition) is 2. The zero-order valence-electron chi connectivity index (χ0n) is 35.2. The summed E-state index contributed by atoms with van der Waals surface area (Å²) >= 11 is 0. The highest BCUT2D eigenvalue weighted by Crippen LogP contribution is 2.39. The predicted molar refractivity (Wildman–Crippen MR) is 231 cm³/mol. The van der Waals surface area contributed by atoms with Gasteiger partial charge in [0, 0.05) is 11.3 Å². The van der Waals surface area contributed by atoms with Gasteiger partial charge in [0.2, 0.25) is 0 Å². The van der Waals surface area contributed by atoms with Crippen molar-refractivity contribution in [1.29, 1.82) is 0 Å². The maximum Gasteiger partial charge on any atom is 0.351 e. The van der Waals surface area contributed by atoms with Crippen LogP contribution in [0.5, 0.6) is 40.2 Å². The molecule has 1 amide bonds. The van der Waals surface area contributed by atoms with Gasteiger partial charge in [-0.15, -0.1) is 0 Å². The average molecular weight is 854 g/mol. The van der Waals surface area contributed by atoms with Crippen molar-refractivity contribution in [2.45, 2.75) is 26.1 Å². The van der Waals surface area contributed by atoms with Crippen molar-refractivity contribution in [3.8, 4) is 51.4 Å². The van der Waals surface area contributed by atoms with E-state index in [-0.39, 0.29) is 51.7 Å². The van der Waals surface area contributed by atoms with Crippen LogP contribution in [0, 0.1) is 6.92 Å². The molecule has 0 radical (unpaired) electrons. The number of ether oxygens (including phenoxy) is 8. The first-order valence-electron chi connectivity index (χ1n) is 19.6. The number of nitrogens with one attached hydrogen (secondary N) is 1. The molecule has 6 aromatic carbocycles. The molecule has 2 N–H and O–H groups in total. The number of epoxide rings is 1. The molecule has 1 saturated heterocycles. The molecule has 2 atom stereocenters. The van der Waals surface area contributed by atoms with Crippen LogP contribution in [-0.4, -0.2) is 64.0 Å². The van der Waals surface area contributed by atoms with E-state index in [9.17, 15) is 24.3 Å². The van der Waals surface area contributed by atoms with Crippen LogP contribution in [0.2, 0.25) is 0 Å². The zero-order valence-corrected chi connectivity index (χ0v) is 35.2. The summed E-state index contributed by atoms with van der Waals surface area (Å²) in [5.41, 5.74) is 5.09. The van der Waals surface area contributed by atoms with E-state index in [0.717, 1.165) is 16.7 Å². The van der Waals surface area contributed by atoms with E-state index in [1.165, 1.54) is 89.1 Å². The maximum atomic E-state index is 13.2. The highest BCUT2D eigenvalue weighted by molar-refractivity contribution is 6.04. The molecule has 1 aliphatic heterocycles. The first-order chi connectivity index (χ1) is 30.4. The lowest BCUT2D eigenvalue weighted by molar-refractivity contribution is 0.0716. The number of aliphatic hydroxyl groups excluding tert-OH is 1. The number of benzene rings is 6. The summed E-state index contributed by atoms with van der Waals surface area (Å²) in [6, 6.07) is 31.2. The van der Waals surface area contributed by atoms with Gasteiger partial charge in [-0.25, -0.2) is 14.4 Å². The smallest absolute Gasteiger partial charge is 0.351 e. The van der Waals surface area contributed by atoms with Crippen molar-refractivity contribution in [3.05, 3.63) is 154 Å². The minimum atomic E-state index is -0.810. The number of anilines is 1. The van der Waals surface area contributed by atoms with E-state index in [1.54, 1.807) is 37.3 Å². The SMILES string of the molecule is COc1cc(C(C)O)cc(OC)c1C(=O)Oc1ccc(C(=O)Nc2ccc(-c3ccc(OC(=O)c4ccc(OC(=O)c5c(OC)cc(C6CO6)cc5OC)cc4)c(C)c3)cc2)cc1. The number of esters is 3. The molecule has 1 fully saturated rings. The molecule has 6 aromatic rings. The monoisotopic (exact) mass is 853 g/mol. The Labute approximate surface area is 362 Å². The Bertz CT molecular complexity index is 2620. The molecule has 1 aliphatic rings.